The molecule has 1 fully saturated rings. The summed E-state index contributed by atoms with van der Waals surface area (Å²) in [7, 11) is 2.80. The fourth-order valence-corrected chi connectivity index (χ4v) is 4.20. The van der Waals surface area contributed by atoms with Crippen molar-refractivity contribution in [2.45, 2.75) is 25.8 Å². The van der Waals surface area contributed by atoms with E-state index in [-0.39, 0.29) is 34.8 Å². The second-order valence-corrected chi connectivity index (χ2v) is 8.10. The number of nitrogens with two attached hydrogens (primary N) is 1. The number of amides is 1. The van der Waals surface area contributed by atoms with Gasteiger partial charge in [-0.2, -0.15) is 4.98 Å². The summed E-state index contributed by atoms with van der Waals surface area (Å²) in [5.74, 6) is 0.146. The molecule has 1 atom stereocenters. The van der Waals surface area contributed by atoms with Gasteiger partial charge in [0, 0.05) is 37.5 Å². The monoisotopic (exact) mass is 453 g/mol. The standard InChI is InChI=1S/C24H28FN5O3/c1-15-14-29(19(31)10-9-16-7-5-4-6-8-16)11-12-30(15)24-27-21-17(23(26)28-24)13-18(32-2)22(33-3)20(21)25/h4-8,13,15H,9-12,14H2,1-3H3,(H2,26,27,28). The van der Waals surface area contributed by atoms with Crippen LogP contribution >= 0.6 is 0 Å². The topological polar surface area (TPSA) is 93.8 Å². The van der Waals surface area contributed by atoms with Crippen molar-refractivity contribution in [3.63, 3.8) is 0 Å². The predicted molar refractivity (Wildman–Crippen MR) is 125 cm³/mol. The Morgan fingerprint density at radius 3 is 2.61 bits per heavy atom. The zero-order valence-electron chi connectivity index (χ0n) is 19.0. The third-order valence-electron chi connectivity index (χ3n) is 6.00. The molecule has 0 aliphatic carbocycles. The number of piperazine rings is 1. The van der Waals surface area contributed by atoms with Crippen molar-refractivity contribution in [2.75, 3.05) is 44.5 Å². The van der Waals surface area contributed by atoms with Crippen LogP contribution in [-0.2, 0) is 11.2 Å². The normalized spacial score (nSPS) is 16.2. The number of hydrogen-bond donors (Lipinski definition) is 1. The quantitative estimate of drug-likeness (QED) is 0.613. The summed E-state index contributed by atoms with van der Waals surface area (Å²) >= 11 is 0. The van der Waals surface area contributed by atoms with Crippen molar-refractivity contribution in [3.05, 3.63) is 47.8 Å². The molecule has 174 valence electrons. The van der Waals surface area contributed by atoms with E-state index in [1.807, 2.05) is 47.1 Å². The van der Waals surface area contributed by atoms with Crippen LogP contribution < -0.4 is 20.1 Å². The van der Waals surface area contributed by atoms with E-state index >= 15 is 4.39 Å². The first kappa shape index (κ1) is 22.6. The van der Waals surface area contributed by atoms with Gasteiger partial charge in [0.15, 0.2) is 17.3 Å². The molecule has 2 aromatic carbocycles. The average molecular weight is 454 g/mol. The molecule has 1 unspecified atom stereocenters. The van der Waals surface area contributed by atoms with Crippen molar-refractivity contribution in [1.82, 2.24) is 14.9 Å². The molecule has 0 bridgehead atoms. The molecule has 3 aromatic rings. The number of fused-ring (bicyclic) bond motifs is 1. The number of carbonyl (C=O) groups excluding carboxylic acids is 1. The number of aryl methyl sites for hydroxylation is 1. The lowest BCUT2D eigenvalue weighted by atomic mass is 10.1. The van der Waals surface area contributed by atoms with Gasteiger partial charge in [-0.1, -0.05) is 30.3 Å². The molecule has 1 aliphatic rings. The third kappa shape index (κ3) is 4.48. The summed E-state index contributed by atoms with van der Waals surface area (Å²) in [6.07, 6.45) is 1.17. The molecule has 2 heterocycles. The molecule has 4 rings (SSSR count). The van der Waals surface area contributed by atoms with Gasteiger partial charge >= 0.3 is 0 Å². The number of nitrogen functional groups attached to an aromatic ring is 1. The van der Waals surface area contributed by atoms with Crippen LogP contribution in [0.4, 0.5) is 16.2 Å². The minimum absolute atomic E-state index is 0.0315. The summed E-state index contributed by atoms with van der Waals surface area (Å²) in [4.78, 5) is 25.4. The molecule has 1 aromatic heterocycles. The fraction of sp³-hybridized carbons (Fsp3) is 0.375. The highest BCUT2D eigenvalue weighted by Crippen LogP contribution is 2.37. The van der Waals surface area contributed by atoms with Crippen LogP contribution in [0.25, 0.3) is 10.9 Å². The van der Waals surface area contributed by atoms with Crippen molar-refractivity contribution >= 4 is 28.6 Å². The van der Waals surface area contributed by atoms with E-state index in [0.717, 1.165) is 5.56 Å². The Bertz CT molecular complexity index is 1160. The van der Waals surface area contributed by atoms with E-state index in [1.54, 1.807) is 6.07 Å². The van der Waals surface area contributed by atoms with Gasteiger partial charge in [0.05, 0.1) is 14.2 Å². The van der Waals surface area contributed by atoms with Gasteiger partial charge in [-0.15, -0.1) is 0 Å². The number of anilines is 2. The number of rotatable bonds is 6. The van der Waals surface area contributed by atoms with Crippen molar-refractivity contribution < 1.29 is 18.7 Å². The Labute approximate surface area is 192 Å². The Balaban J connectivity index is 1.51. The summed E-state index contributed by atoms with van der Waals surface area (Å²) in [5.41, 5.74) is 7.38. The summed E-state index contributed by atoms with van der Waals surface area (Å²) < 4.78 is 25.5. The molecular formula is C24H28FN5O3. The van der Waals surface area contributed by atoms with Crippen LogP contribution in [0.2, 0.25) is 0 Å². The SMILES string of the molecule is COc1cc2c(N)nc(N3CCN(C(=O)CCc4ccccc4)CC3C)nc2c(F)c1OC. The van der Waals surface area contributed by atoms with Gasteiger partial charge < -0.3 is 25.0 Å². The minimum Gasteiger partial charge on any atom is -0.493 e. The zero-order chi connectivity index (χ0) is 23.5. The lowest BCUT2D eigenvalue weighted by Crippen LogP contribution is -2.54. The molecule has 8 nitrogen and oxygen atoms in total. The predicted octanol–water partition coefficient (Wildman–Crippen LogP) is 3.04. The third-order valence-corrected chi connectivity index (χ3v) is 6.00. The Kier molecular flexibility index (Phi) is 6.48. The van der Waals surface area contributed by atoms with Crippen LogP contribution in [0.1, 0.15) is 18.9 Å². The van der Waals surface area contributed by atoms with Gasteiger partial charge in [0.1, 0.15) is 11.3 Å². The molecule has 1 amide bonds. The Morgan fingerprint density at radius 2 is 1.94 bits per heavy atom. The number of hydrogen-bond acceptors (Lipinski definition) is 7. The van der Waals surface area contributed by atoms with Crippen LogP contribution in [0.3, 0.4) is 0 Å². The van der Waals surface area contributed by atoms with E-state index in [0.29, 0.717) is 43.8 Å². The van der Waals surface area contributed by atoms with E-state index in [9.17, 15) is 4.79 Å². The van der Waals surface area contributed by atoms with Crippen LogP contribution in [0.5, 0.6) is 11.5 Å². The van der Waals surface area contributed by atoms with Crippen LogP contribution in [-0.4, -0.2) is 60.7 Å². The van der Waals surface area contributed by atoms with Crippen LogP contribution in [0.15, 0.2) is 36.4 Å². The summed E-state index contributed by atoms with van der Waals surface area (Å²) in [6.45, 7) is 3.58. The lowest BCUT2D eigenvalue weighted by Gasteiger charge is -2.40. The number of nitrogens with zero attached hydrogens (tertiary/aromatic N) is 4. The van der Waals surface area contributed by atoms with Gasteiger partial charge in [-0.05, 0) is 25.0 Å². The summed E-state index contributed by atoms with van der Waals surface area (Å²) in [5, 5.41) is 0.358. The first-order chi connectivity index (χ1) is 15.9. The van der Waals surface area contributed by atoms with Crippen molar-refractivity contribution in [2.24, 2.45) is 0 Å². The van der Waals surface area contributed by atoms with Gasteiger partial charge in [0.25, 0.3) is 0 Å². The van der Waals surface area contributed by atoms with E-state index < -0.39 is 5.82 Å². The molecule has 0 saturated carbocycles. The van der Waals surface area contributed by atoms with Crippen molar-refractivity contribution in [3.8, 4) is 11.5 Å². The number of halogens is 1. The molecule has 1 saturated heterocycles. The average Bonchev–Trinajstić information content (AvgIpc) is 2.83. The fourth-order valence-electron chi connectivity index (χ4n) is 4.20. The highest BCUT2D eigenvalue weighted by atomic mass is 19.1. The molecule has 1 aliphatic heterocycles. The highest BCUT2D eigenvalue weighted by molar-refractivity contribution is 5.92. The Morgan fingerprint density at radius 1 is 1.18 bits per heavy atom. The molecule has 0 spiro atoms. The largest absolute Gasteiger partial charge is 0.493 e. The van der Waals surface area contributed by atoms with E-state index in [4.69, 9.17) is 15.2 Å². The van der Waals surface area contributed by atoms with E-state index in [1.165, 1.54) is 14.2 Å². The lowest BCUT2D eigenvalue weighted by molar-refractivity contribution is -0.131. The second-order valence-electron chi connectivity index (χ2n) is 8.10. The van der Waals surface area contributed by atoms with Crippen molar-refractivity contribution in [1.29, 1.82) is 0 Å². The maximum absolute atomic E-state index is 15.1. The number of carbonyl (C=O) groups is 1. The zero-order valence-corrected chi connectivity index (χ0v) is 19.0. The molecular weight excluding hydrogens is 425 g/mol. The molecule has 2 N–H and O–H groups in total. The highest BCUT2D eigenvalue weighted by Gasteiger charge is 2.29. The number of methoxy groups -OCH3 is 2. The smallest absolute Gasteiger partial charge is 0.228 e. The van der Waals surface area contributed by atoms with Gasteiger partial charge in [-0.25, -0.2) is 9.37 Å². The summed E-state index contributed by atoms with van der Waals surface area (Å²) in [6, 6.07) is 11.5. The maximum atomic E-state index is 15.1. The molecule has 0 radical (unpaired) electrons. The Hall–Kier alpha value is -3.62. The minimum atomic E-state index is -0.649. The van der Waals surface area contributed by atoms with E-state index in [2.05, 4.69) is 9.97 Å². The first-order valence-electron chi connectivity index (χ1n) is 10.9. The number of ether oxygens (including phenoxy) is 2. The van der Waals surface area contributed by atoms with Gasteiger partial charge in [0.2, 0.25) is 11.9 Å². The maximum Gasteiger partial charge on any atom is 0.228 e. The van der Waals surface area contributed by atoms with Crippen LogP contribution in [0, 0.1) is 5.82 Å². The second kappa shape index (κ2) is 9.48. The number of aromatic nitrogens is 2. The molecule has 33 heavy (non-hydrogen) atoms. The number of benzene rings is 2. The first-order valence-corrected chi connectivity index (χ1v) is 10.9. The molecule has 9 heteroatoms. The van der Waals surface area contributed by atoms with Gasteiger partial charge in [-0.3, -0.25) is 4.79 Å².